The molecule has 2 saturated heterocycles. The van der Waals surface area contributed by atoms with Gasteiger partial charge in [-0.25, -0.2) is 18.7 Å². The van der Waals surface area contributed by atoms with E-state index in [1.54, 1.807) is 20.3 Å². The van der Waals surface area contributed by atoms with Crippen LogP contribution in [0.5, 0.6) is 11.5 Å². The van der Waals surface area contributed by atoms with Crippen molar-refractivity contribution in [2.24, 2.45) is 0 Å². The van der Waals surface area contributed by atoms with Gasteiger partial charge in [0.1, 0.15) is 12.1 Å². The third-order valence-electron chi connectivity index (χ3n) is 5.57. The third kappa shape index (κ3) is 3.96. The summed E-state index contributed by atoms with van der Waals surface area (Å²) in [5, 5.41) is 0.765. The van der Waals surface area contributed by atoms with Crippen molar-refractivity contribution in [1.29, 1.82) is 0 Å². The first-order valence-electron chi connectivity index (χ1n) is 9.82. The lowest BCUT2D eigenvalue weighted by Crippen LogP contribution is -2.53. The summed E-state index contributed by atoms with van der Waals surface area (Å²) < 4.78 is 43.3. The minimum atomic E-state index is -2.70. The first-order valence-corrected chi connectivity index (χ1v) is 9.82. The molecule has 2 fully saturated rings. The average Bonchev–Trinajstić information content (AvgIpc) is 2.77. The largest absolute Gasteiger partial charge is 0.493 e. The second-order valence-electron chi connectivity index (χ2n) is 7.41. The van der Waals surface area contributed by atoms with E-state index in [4.69, 9.17) is 14.2 Å². The van der Waals surface area contributed by atoms with E-state index in [0.717, 1.165) is 5.39 Å². The highest BCUT2D eigenvalue weighted by molar-refractivity contribution is 5.92. The molecule has 1 aromatic carbocycles. The van der Waals surface area contributed by atoms with Crippen LogP contribution in [0.2, 0.25) is 0 Å². The van der Waals surface area contributed by atoms with Gasteiger partial charge >= 0.3 is 0 Å². The molecule has 8 nitrogen and oxygen atoms in total. The van der Waals surface area contributed by atoms with Crippen molar-refractivity contribution in [1.82, 2.24) is 14.9 Å². The summed E-state index contributed by atoms with van der Waals surface area (Å²) in [4.78, 5) is 25.0. The number of piperidine rings is 1. The maximum atomic E-state index is 13.4. The van der Waals surface area contributed by atoms with Gasteiger partial charge in [0.05, 0.1) is 32.9 Å². The molecule has 2 aliphatic rings. The molecule has 0 N–H and O–H groups in total. The van der Waals surface area contributed by atoms with E-state index < -0.39 is 12.0 Å². The molecular weight excluding hydrogens is 398 g/mol. The minimum Gasteiger partial charge on any atom is -0.493 e. The number of ether oxygens (including phenoxy) is 3. The van der Waals surface area contributed by atoms with Crippen LogP contribution in [0.3, 0.4) is 0 Å². The first-order chi connectivity index (χ1) is 14.4. The van der Waals surface area contributed by atoms with Crippen molar-refractivity contribution in [3.05, 3.63) is 18.5 Å². The van der Waals surface area contributed by atoms with Crippen molar-refractivity contribution in [3.63, 3.8) is 0 Å². The van der Waals surface area contributed by atoms with Gasteiger partial charge in [0, 0.05) is 43.9 Å². The number of likely N-dealkylation sites (tertiary alicyclic amines) is 1. The van der Waals surface area contributed by atoms with Crippen LogP contribution in [0.4, 0.5) is 14.6 Å². The van der Waals surface area contributed by atoms with E-state index in [1.807, 2.05) is 11.0 Å². The van der Waals surface area contributed by atoms with Gasteiger partial charge in [-0.1, -0.05) is 0 Å². The molecule has 1 aromatic heterocycles. The number of morpholine rings is 1. The fourth-order valence-corrected chi connectivity index (χ4v) is 3.87. The molecule has 10 heteroatoms. The SMILES string of the molecule is COc1cc2ncnc(N3CCOC(C(=O)N4CCC(F)(F)CC4)C3)c2cc1OC. The van der Waals surface area contributed by atoms with Crippen LogP contribution in [-0.4, -0.2) is 79.8 Å². The predicted molar refractivity (Wildman–Crippen MR) is 105 cm³/mol. The summed E-state index contributed by atoms with van der Waals surface area (Å²) >= 11 is 0. The number of alkyl halides is 2. The zero-order valence-electron chi connectivity index (χ0n) is 16.9. The molecule has 0 spiro atoms. The summed E-state index contributed by atoms with van der Waals surface area (Å²) in [6.07, 6.45) is 0.110. The maximum absolute atomic E-state index is 13.4. The van der Waals surface area contributed by atoms with Gasteiger partial charge in [-0.3, -0.25) is 4.79 Å². The summed E-state index contributed by atoms with van der Waals surface area (Å²) in [6.45, 7) is 1.24. The zero-order valence-corrected chi connectivity index (χ0v) is 16.9. The second-order valence-corrected chi connectivity index (χ2v) is 7.41. The standard InChI is InChI=1S/C20H24F2N4O4/c1-28-15-9-13-14(10-16(15)29-2)23-12-24-18(13)26-7-8-30-17(11-26)19(27)25-5-3-20(21,22)4-6-25/h9-10,12,17H,3-8,11H2,1-2H3. The number of halogens is 2. The van der Waals surface area contributed by atoms with Gasteiger partial charge in [-0.05, 0) is 6.07 Å². The lowest BCUT2D eigenvalue weighted by molar-refractivity contribution is -0.150. The Labute approximate surface area is 172 Å². The van der Waals surface area contributed by atoms with E-state index in [9.17, 15) is 13.6 Å². The number of methoxy groups -OCH3 is 2. The average molecular weight is 422 g/mol. The molecule has 30 heavy (non-hydrogen) atoms. The Bertz CT molecular complexity index is 932. The van der Waals surface area contributed by atoms with Crippen LogP contribution >= 0.6 is 0 Å². The monoisotopic (exact) mass is 422 g/mol. The second kappa shape index (κ2) is 8.17. The Morgan fingerprint density at radius 3 is 2.53 bits per heavy atom. The number of hydrogen-bond donors (Lipinski definition) is 0. The Balaban J connectivity index is 1.56. The molecule has 0 aliphatic carbocycles. The number of carbonyl (C=O) groups excluding carboxylic acids is 1. The summed E-state index contributed by atoms with van der Waals surface area (Å²) in [5.41, 5.74) is 0.685. The Morgan fingerprint density at radius 2 is 1.83 bits per heavy atom. The molecule has 4 rings (SSSR count). The lowest BCUT2D eigenvalue weighted by atomic mass is 10.1. The molecule has 0 radical (unpaired) electrons. The predicted octanol–water partition coefficient (Wildman–Crippen LogP) is 2.11. The normalized spacial score (nSPS) is 21.5. The number of rotatable bonds is 4. The highest BCUT2D eigenvalue weighted by Gasteiger charge is 2.39. The van der Waals surface area contributed by atoms with Crippen molar-refractivity contribution >= 4 is 22.6 Å². The molecule has 1 unspecified atom stereocenters. The maximum Gasteiger partial charge on any atom is 0.253 e. The van der Waals surface area contributed by atoms with Gasteiger partial charge in [-0.15, -0.1) is 0 Å². The number of aromatic nitrogens is 2. The van der Waals surface area contributed by atoms with E-state index in [1.165, 1.54) is 11.2 Å². The molecule has 2 aliphatic heterocycles. The van der Waals surface area contributed by atoms with Crippen molar-refractivity contribution < 1.29 is 27.8 Å². The van der Waals surface area contributed by atoms with Gasteiger partial charge in [0.15, 0.2) is 17.6 Å². The van der Waals surface area contributed by atoms with E-state index in [-0.39, 0.29) is 38.4 Å². The zero-order chi connectivity index (χ0) is 21.3. The Kier molecular flexibility index (Phi) is 5.59. The quantitative estimate of drug-likeness (QED) is 0.747. The number of hydrogen-bond acceptors (Lipinski definition) is 7. The number of carbonyl (C=O) groups is 1. The summed E-state index contributed by atoms with van der Waals surface area (Å²) in [7, 11) is 3.11. The third-order valence-corrected chi connectivity index (χ3v) is 5.57. The molecular formula is C20H24F2N4O4. The molecule has 1 atom stereocenters. The number of anilines is 1. The lowest BCUT2D eigenvalue weighted by Gasteiger charge is -2.38. The molecule has 1 amide bonds. The molecule has 162 valence electrons. The molecule has 0 bridgehead atoms. The fraction of sp³-hybridized carbons (Fsp3) is 0.550. The number of benzene rings is 1. The highest BCUT2D eigenvalue weighted by atomic mass is 19.3. The summed E-state index contributed by atoms with van der Waals surface area (Å²) in [5.74, 6) is -1.18. The van der Waals surface area contributed by atoms with E-state index in [2.05, 4.69) is 9.97 Å². The van der Waals surface area contributed by atoms with E-state index in [0.29, 0.717) is 36.0 Å². The van der Waals surface area contributed by atoms with Crippen LogP contribution in [0.15, 0.2) is 18.5 Å². The van der Waals surface area contributed by atoms with Crippen LogP contribution in [-0.2, 0) is 9.53 Å². The summed E-state index contributed by atoms with van der Waals surface area (Å²) in [6, 6.07) is 3.58. The Hall–Kier alpha value is -2.75. The van der Waals surface area contributed by atoms with Gasteiger partial charge < -0.3 is 24.0 Å². The van der Waals surface area contributed by atoms with Crippen LogP contribution in [0, 0.1) is 0 Å². The van der Waals surface area contributed by atoms with Crippen molar-refractivity contribution in [2.75, 3.05) is 51.9 Å². The van der Waals surface area contributed by atoms with Crippen molar-refractivity contribution in [2.45, 2.75) is 24.9 Å². The molecule has 0 saturated carbocycles. The topological polar surface area (TPSA) is 77.0 Å². The van der Waals surface area contributed by atoms with Gasteiger partial charge in [0.25, 0.3) is 11.8 Å². The smallest absolute Gasteiger partial charge is 0.253 e. The van der Waals surface area contributed by atoms with Crippen LogP contribution in [0.1, 0.15) is 12.8 Å². The van der Waals surface area contributed by atoms with E-state index >= 15 is 0 Å². The van der Waals surface area contributed by atoms with Crippen molar-refractivity contribution in [3.8, 4) is 11.5 Å². The molecule has 2 aromatic rings. The van der Waals surface area contributed by atoms with Crippen LogP contribution in [0.25, 0.3) is 10.9 Å². The van der Waals surface area contributed by atoms with Crippen LogP contribution < -0.4 is 14.4 Å². The van der Waals surface area contributed by atoms with Gasteiger partial charge in [-0.2, -0.15) is 0 Å². The number of fused-ring (bicyclic) bond motifs is 1. The highest BCUT2D eigenvalue weighted by Crippen LogP contribution is 2.35. The fourth-order valence-electron chi connectivity index (χ4n) is 3.87. The molecule has 3 heterocycles. The van der Waals surface area contributed by atoms with Gasteiger partial charge in [0.2, 0.25) is 0 Å². The Morgan fingerprint density at radius 1 is 1.13 bits per heavy atom. The number of amides is 1. The minimum absolute atomic E-state index is 0.0408. The first kappa shape index (κ1) is 20.5. The number of nitrogens with zero attached hydrogens (tertiary/aromatic N) is 4.